The molecule has 2 rings (SSSR count). The highest BCUT2D eigenvalue weighted by Crippen LogP contribution is 2.24. The molecule has 1 fully saturated rings. The Morgan fingerprint density at radius 1 is 1.40 bits per heavy atom. The SMILES string of the molecule is ClCCCC1CCCN1c1ncccn1. The van der Waals surface area contributed by atoms with Gasteiger partial charge >= 0.3 is 0 Å². The van der Waals surface area contributed by atoms with Crippen LogP contribution in [0.1, 0.15) is 25.7 Å². The second kappa shape index (κ2) is 5.31. The first-order valence-corrected chi connectivity index (χ1v) is 6.05. The van der Waals surface area contributed by atoms with Gasteiger partial charge in [0.15, 0.2) is 0 Å². The van der Waals surface area contributed by atoms with Gasteiger partial charge in [-0.2, -0.15) is 0 Å². The summed E-state index contributed by atoms with van der Waals surface area (Å²) in [4.78, 5) is 10.9. The fourth-order valence-corrected chi connectivity index (χ4v) is 2.31. The fraction of sp³-hybridized carbons (Fsp3) is 0.636. The number of alkyl halides is 1. The molecule has 0 aliphatic carbocycles. The molecule has 1 unspecified atom stereocenters. The second-order valence-corrected chi connectivity index (χ2v) is 4.25. The van der Waals surface area contributed by atoms with Gasteiger partial charge in [0.2, 0.25) is 5.95 Å². The Morgan fingerprint density at radius 2 is 2.20 bits per heavy atom. The summed E-state index contributed by atoms with van der Waals surface area (Å²) in [6.07, 6.45) is 8.33. The maximum Gasteiger partial charge on any atom is 0.225 e. The molecular weight excluding hydrogens is 210 g/mol. The number of anilines is 1. The predicted molar refractivity (Wildman–Crippen MR) is 62.4 cm³/mol. The zero-order chi connectivity index (χ0) is 10.5. The predicted octanol–water partition coefficient (Wildman–Crippen LogP) is 2.46. The van der Waals surface area contributed by atoms with E-state index in [0.717, 1.165) is 31.2 Å². The molecular formula is C11H16ClN3. The van der Waals surface area contributed by atoms with Crippen molar-refractivity contribution in [3.63, 3.8) is 0 Å². The lowest BCUT2D eigenvalue weighted by atomic mass is 10.1. The van der Waals surface area contributed by atoms with Crippen LogP contribution < -0.4 is 4.90 Å². The number of nitrogens with zero attached hydrogens (tertiary/aromatic N) is 3. The third kappa shape index (κ3) is 2.59. The normalized spacial score (nSPS) is 20.9. The van der Waals surface area contributed by atoms with Crippen LogP contribution in [0.2, 0.25) is 0 Å². The van der Waals surface area contributed by atoms with E-state index in [2.05, 4.69) is 14.9 Å². The monoisotopic (exact) mass is 225 g/mol. The first-order chi connectivity index (χ1) is 7.42. The molecule has 1 aliphatic heterocycles. The summed E-state index contributed by atoms with van der Waals surface area (Å²) >= 11 is 5.72. The maximum absolute atomic E-state index is 5.72. The third-order valence-electron chi connectivity index (χ3n) is 2.86. The van der Waals surface area contributed by atoms with Crippen molar-refractivity contribution >= 4 is 17.5 Å². The highest BCUT2D eigenvalue weighted by Gasteiger charge is 2.25. The largest absolute Gasteiger partial charge is 0.338 e. The second-order valence-electron chi connectivity index (χ2n) is 3.87. The third-order valence-corrected chi connectivity index (χ3v) is 3.12. The molecule has 0 amide bonds. The van der Waals surface area contributed by atoms with E-state index in [0.29, 0.717) is 6.04 Å². The number of rotatable bonds is 4. The minimum Gasteiger partial charge on any atom is -0.338 e. The maximum atomic E-state index is 5.72. The van der Waals surface area contributed by atoms with Crippen molar-refractivity contribution in [3.05, 3.63) is 18.5 Å². The van der Waals surface area contributed by atoms with E-state index >= 15 is 0 Å². The molecule has 0 aromatic carbocycles. The van der Waals surface area contributed by atoms with Crippen LogP contribution >= 0.6 is 11.6 Å². The van der Waals surface area contributed by atoms with Crippen molar-refractivity contribution in [1.82, 2.24) is 9.97 Å². The molecule has 0 saturated carbocycles. The lowest BCUT2D eigenvalue weighted by Crippen LogP contribution is -2.30. The van der Waals surface area contributed by atoms with Crippen molar-refractivity contribution in [2.75, 3.05) is 17.3 Å². The lowest BCUT2D eigenvalue weighted by Gasteiger charge is -2.24. The van der Waals surface area contributed by atoms with Crippen LogP contribution in [0.15, 0.2) is 18.5 Å². The molecule has 0 N–H and O–H groups in total. The molecule has 4 heteroatoms. The zero-order valence-electron chi connectivity index (χ0n) is 8.77. The average molecular weight is 226 g/mol. The first kappa shape index (κ1) is 10.7. The number of hydrogen-bond donors (Lipinski definition) is 0. The van der Waals surface area contributed by atoms with E-state index in [1.54, 1.807) is 12.4 Å². The molecule has 1 aliphatic rings. The summed E-state index contributed by atoms with van der Waals surface area (Å²) in [6.45, 7) is 1.08. The molecule has 82 valence electrons. The molecule has 1 aromatic rings. The van der Waals surface area contributed by atoms with Crippen molar-refractivity contribution in [1.29, 1.82) is 0 Å². The van der Waals surface area contributed by atoms with Crippen LogP contribution in [-0.4, -0.2) is 28.4 Å². The van der Waals surface area contributed by atoms with Crippen molar-refractivity contribution < 1.29 is 0 Å². The average Bonchev–Trinajstić information content (AvgIpc) is 2.75. The Balaban J connectivity index is 2.01. The zero-order valence-corrected chi connectivity index (χ0v) is 9.53. The Morgan fingerprint density at radius 3 is 2.93 bits per heavy atom. The molecule has 1 saturated heterocycles. The smallest absolute Gasteiger partial charge is 0.225 e. The Bertz CT molecular complexity index is 291. The number of aromatic nitrogens is 2. The van der Waals surface area contributed by atoms with Gasteiger partial charge in [-0.25, -0.2) is 9.97 Å². The summed E-state index contributed by atoms with van der Waals surface area (Å²) < 4.78 is 0. The number of hydrogen-bond acceptors (Lipinski definition) is 3. The van der Waals surface area contributed by atoms with E-state index < -0.39 is 0 Å². The summed E-state index contributed by atoms with van der Waals surface area (Å²) in [5.41, 5.74) is 0. The van der Waals surface area contributed by atoms with Crippen LogP contribution in [0.3, 0.4) is 0 Å². The van der Waals surface area contributed by atoms with Gasteiger partial charge in [-0.05, 0) is 31.7 Å². The summed E-state index contributed by atoms with van der Waals surface area (Å²) in [5, 5.41) is 0. The molecule has 1 aromatic heterocycles. The summed E-state index contributed by atoms with van der Waals surface area (Å²) in [6, 6.07) is 2.44. The molecule has 0 bridgehead atoms. The Labute approximate surface area is 95.5 Å². The Hall–Kier alpha value is -0.830. The van der Waals surface area contributed by atoms with Crippen molar-refractivity contribution in [2.45, 2.75) is 31.7 Å². The van der Waals surface area contributed by atoms with Gasteiger partial charge in [0, 0.05) is 30.9 Å². The van der Waals surface area contributed by atoms with Crippen LogP contribution in [0.4, 0.5) is 5.95 Å². The van der Waals surface area contributed by atoms with Gasteiger partial charge in [-0.1, -0.05) is 0 Å². The van der Waals surface area contributed by atoms with Gasteiger partial charge in [0.05, 0.1) is 0 Å². The topological polar surface area (TPSA) is 29.0 Å². The lowest BCUT2D eigenvalue weighted by molar-refractivity contribution is 0.594. The molecule has 0 radical (unpaired) electrons. The molecule has 15 heavy (non-hydrogen) atoms. The van der Waals surface area contributed by atoms with E-state index in [1.807, 2.05) is 6.07 Å². The highest BCUT2D eigenvalue weighted by atomic mass is 35.5. The van der Waals surface area contributed by atoms with E-state index in [1.165, 1.54) is 12.8 Å². The van der Waals surface area contributed by atoms with Gasteiger partial charge in [-0.3, -0.25) is 0 Å². The number of halogens is 1. The van der Waals surface area contributed by atoms with E-state index in [9.17, 15) is 0 Å². The minimum atomic E-state index is 0.589. The van der Waals surface area contributed by atoms with Gasteiger partial charge in [0.25, 0.3) is 0 Å². The standard InChI is InChI=1S/C11H16ClN3/c12-6-1-4-10-5-2-9-15(10)11-13-7-3-8-14-11/h3,7-8,10H,1-2,4-6,9H2. The first-order valence-electron chi connectivity index (χ1n) is 5.51. The van der Waals surface area contributed by atoms with Gasteiger partial charge in [-0.15, -0.1) is 11.6 Å². The summed E-state index contributed by atoms with van der Waals surface area (Å²) in [7, 11) is 0. The van der Waals surface area contributed by atoms with Crippen LogP contribution in [-0.2, 0) is 0 Å². The summed E-state index contributed by atoms with van der Waals surface area (Å²) in [5.74, 6) is 1.62. The molecule has 3 nitrogen and oxygen atoms in total. The quantitative estimate of drug-likeness (QED) is 0.738. The van der Waals surface area contributed by atoms with Gasteiger partial charge in [0.1, 0.15) is 0 Å². The minimum absolute atomic E-state index is 0.589. The molecule has 1 atom stereocenters. The van der Waals surface area contributed by atoms with E-state index in [4.69, 9.17) is 11.6 Å². The van der Waals surface area contributed by atoms with E-state index in [-0.39, 0.29) is 0 Å². The van der Waals surface area contributed by atoms with Crippen LogP contribution in [0, 0.1) is 0 Å². The molecule has 0 spiro atoms. The highest BCUT2D eigenvalue weighted by molar-refractivity contribution is 6.17. The van der Waals surface area contributed by atoms with Gasteiger partial charge < -0.3 is 4.90 Å². The Kier molecular flexibility index (Phi) is 3.78. The van der Waals surface area contributed by atoms with Crippen molar-refractivity contribution in [3.8, 4) is 0 Å². The van der Waals surface area contributed by atoms with Crippen LogP contribution in [0.5, 0.6) is 0 Å². The van der Waals surface area contributed by atoms with Crippen molar-refractivity contribution in [2.24, 2.45) is 0 Å². The molecule has 2 heterocycles. The van der Waals surface area contributed by atoms with Crippen LogP contribution in [0.25, 0.3) is 0 Å². The fourth-order valence-electron chi connectivity index (χ4n) is 2.15.